The molecule has 108 valence electrons. The normalized spacial score (nSPS) is 11.0. The maximum absolute atomic E-state index is 5.85. The van der Waals surface area contributed by atoms with E-state index in [1.54, 1.807) is 11.3 Å². The quantitative estimate of drug-likeness (QED) is 0.796. The number of nitrogens with zero attached hydrogens (tertiary/aromatic N) is 3. The van der Waals surface area contributed by atoms with Gasteiger partial charge in [-0.05, 0) is 37.1 Å². The Kier molecular flexibility index (Phi) is 3.51. The molecule has 0 radical (unpaired) electrons. The summed E-state index contributed by atoms with van der Waals surface area (Å²) < 4.78 is 0. The zero-order chi connectivity index (χ0) is 15.0. The Morgan fingerprint density at radius 3 is 2.57 bits per heavy atom. The van der Waals surface area contributed by atoms with Crippen LogP contribution in [0.15, 0.2) is 30.3 Å². The van der Waals surface area contributed by atoms with Gasteiger partial charge >= 0.3 is 0 Å². The maximum atomic E-state index is 5.85. The lowest BCUT2D eigenvalue weighted by Crippen LogP contribution is -2.13. The monoisotopic (exact) mass is 298 g/mol. The highest BCUT2D eigenvalue weighted by Crippen LogP contribution is 2.33. The molecule has 1 aromatic carbocycles. The lowest BCUT2D eigenvalue weighted by atomic mass is 10.1. The molecule has 0 aliphatic rings. The van der Waals surface area contributed by atoms with E-state index in [2.05, 4.69) is 59.0 Å². The van der Waals surface area contributed by atoms with Crippen LogP contribution in [0.5, 0.6) is 0 Å². The number of anilines is 3. The summed E-state index contributed by atoms with van der Waals surface area (Å²) in [6, 6.07) is 10.6. The van der Waals surface area contributed by atoms with Crippen molar-refractivity contribution in [1.29, 1.82) is 0 Å². The predicted molar refractivity (Wildman–Crippen MR) is 90.4 cm³/mol. The third-order valence-corrected chi connectivity index (χ3v) is 4.51. The number of aromatic nitrogens is 2. The average molecular weight is 298 g/mol. The molecule has 0 aliphatic heterocycles. The second-order valence-electron chi connectivity index (χ2n) is 5.06. The van der Waals surface area contributed by atoms with Crippen molar-refractivity contribution in [2.45, 2.75) is 20.3 Å². The Morgan fingerprint density at radius 2 is 1.90 bits per heavy atom. The summed E-state index contributed by atoms with van der Waals surface area (Å²) in [5.74, 6) is 1.17. The van der Waals surface area contributed by atoms with Crippen molar-refractivity contribution in [3.05, 3.63) is 40.8 Å². The van der Waals surface area contributed by atoms with Gasteiger partial charge in [0, 0.05) is 17.6 Å². The number of aryl methyl sites for hydroxylation is 2. The van der Waals surface area contributed by atoms with Gasteiger partial charge in [0.25, 0.3) is 0 Å². The van der Waals surface area contributed by atoms with E-state index < -0.39 is 0 Å². The molecule has 5 heteroatoms. The van der Waals surface area contributed by atoms with E-state index in [1.807, 2.05) is 7.05 Å². The number of hydrogen-bond acceptors (Lipinski definition) is 5. The Balaban J connectivity index is 2.09. The van der Waals surface area contributed by atoms with Crippen LogP contribution in [-0.2, 0) is 6.42 Å². The highest BCUT2D eigenvalue weighted by Gasteiger charge is 2.14. The van der Waals surface area contributed by atoms with Crippen LogP contribution < -0.4 is 10.6 Å². The lowest BCUT2D eigenvalue weighted by Gasteiger charge is -2.19. The van der Waals surface area contributed by atoms with Gasteiger partial charge in [-0.3, -0.25) is 0 Å². The predicted octanol–water partition coefficient (Wildman–Crippen LogP) is 3.91. The molecule has 2 heterocycles. The number of nitrogen functional groups attached to an aromatic ring is 1. The van der Waals surface area contributed by atoms with Gasteiger partial charge in [-0.25, -0.2) is 4.98 Å². The van der Waals surface area contributed by atoms with Gasteiger partial charge < -0.3 is 10.6 Å². The van der Waals surface area contributed by atoms with E-state index in [4.69, 9.17) is 5.73 Å². The van der Waals surface area contributed by atoms with Crippen molar-refractivity contribution in [3.8, 4) is 0 Å². The number of hydrogen-bond donors (Lipinski definition) is 1. The number of nitrogens with two attached hydrogens (primary N) is 1. The molecule has 0 unspecified atom stereocenters. The molecular weight excluding hydrogens is 280 g/mol. The van der Waals surface area contributed by atoms with E-state index >= 15 is 0 Å². The summed E-state index contributed by atoms with van der Waals surface area (Å²) in [7, 11) is 2.01. The summed E-state index contributed by atoms with van der Waals surface area (Å²) in [5, 5.41) is 1.05. The molecule has 0 spiro atoms. The molecule has 0 saturated heterocycles. The molecule has 0 saturated carbocycles. The van der Waals surface area contributed by atoms with Crippen molar-refractivity contribution in [3.63, 3.8) is 0 Å². The van der Waals surface area contributed by atoms with Crippen molar-refractivity contribution in [2.75, 3.05) is 17.7 Å². The molecule has 2 aromatic heterocycles. The molecule has 0 bridgehead atoms. The van der Waals surface area contributed by atoms with Gasteiger partial charge in [0.1, 0.15) is 10.6 Å². The Bertz CT molecular complexity index is 777. The molecule has 0 fully saturated rings. The Labute approximate surface area is 128 Å². The molecule has 21 heavy (non-hydrogen) atoms. The average Bonchev–Trinajstić information content (AvgIpc) is 2.85. The molecule has 0 aliphatic carbocycles. The largest absolute Gasteiger partial charge is 0.368 e. The number of benzene rings is 1. The van der Waals surface area contributed by atoms with Crippen LogP contribution in [0.3, 0.4) is 0 Å². The highest BCUT2D eigenvalue weighted by molar-refractivity contribution is 7.18. The fraction of sp³-hybridized carbons (Fsp3) is 0.250. The minimum atomic E-state index is 0.316. The maximum Gasteiger partial charge on any atom is 0.223 e. The van der Waals surface area contributed by atoms with Crippen LogP contribution in [0.2, 0.25) is 0 Å². The first-order valence-electron chi connectivity index (χ1n) is 6.95. The zero-order valence-electron chi connectivity index (χ0n) is 12.4. The fourth-order valence-corrected chi connectivity index (χ4v) is 3.26. The summed E-state index contributed by atoms with van der Waals surface area (Å²) in [4.78, 5) is 13.0. The van der Waals surface area contributed by atoms with Gasteiger partial charge in [0.05, 0.1) is 5.39 Å². The Hall–Kier alpha value is -2.14. The fourth-order valence-electron chi connectivity index (χ4n) is 2.38. The lowest BCUT2D eigenvalue weighted by molar-refractivity contribution is 1.11. The SMILES string of the molecule is CCc1ccc(N(C)c2nc(N)nc3sc(C)cc23)cc1. The van der Waals surface area contributed by atoms with E-state index in [1.165, 1.54) is 10.4 Å². The highest BCUT2D eigenvalue weighted by atomic mass is 32.1. The zero-order valence-corrected chi connectivity index (χ0v) is 13.2. The van der Waals surface area contributed by atoms with Crippen molar-refractivity contribution >= 4 is 39.0 Å². The first-order valence-corrected chi connectivity index (χ1v) is 7.76. The molecule has 3 aromatic rings. The van der Waals surface area contributed by atoms with Crippen LogP contribution in [0.25, 0.3) is 10.2 Å². The van der Waals surface area contributed by atoms with Crippen LogP contribution in [-0.4, -0.2) is 17.0 Å². The number of fused-ring (bicyclic) bond motifs is 1. The summed E-state index contributed by atoms with van der Waals surface area (Å²) >= 11 is 1.64. The van der Waals surface area contributed by atoms with E-state index in [0.717, 1.165) is 28.1 Å². The van der Waals surface area contributed by atoms with Crippen LogP contribution in [0, 0.1) is 6.92 Å². The minimum absolute atomic E-state index is 0.316. The summed E-state index contributed by atoms with van der Waals surface area (Å²) in [5.41, 5.74) is 8.27. The van der Waals surface area contributed by atoms with Crippen LogP contribution in [0.1, 0.15) is 17.4 Å². The van der Waals surface area contributed by atoms with Crippen molar-refractivity contribution in [2.24, 2.45) is 0 Å². The van der Waals surface area contributed by atoms with Crippen molar-refractivity contribution < 1.29 is 0 Å². The Morgan fingerprint density at radius 1 is 1.19 bits per heavy atom. The van der Waals surface area contributed by atoms with Gasteiger partial charge in [0.2, 0.25) is 5.95 Å². The number of rotatable bonds is 3. The molecule has 3 rings (SSSR count). The van der Waals surface area contributed by atoms with Gasteiger partial charge in [-0.1, -0.05) is 19.1 Å². The third kappa shape index (κ3) is 2.56. The molecular formula is C16H18N4S. The van der Waals surface area contributed by atoms with Crippen LogP contribution >= 0.6 is 11.3 Å². The van der Waals surface area contributed by atoms with Gasteiger partial charge in [-0.15, -0.1) is 11.3 Å². The number of thiophene rings is 1. The topological polar surface area (TPSA) is 55.0 Å². The molecule has 2 N–H and O–H groups in total. The minimum Gasteiger partial charge on any atom is -0.368 e. The van der Waals surface area contributed by atoms with E-state index in [-0.39, 0.29) is 0 Å². The van der Waals surface area contributed by atoms with Gasteiger partial charge in [-0.2, -0.15) is 4.98 Å². The molecule has 0 atom stereocenters. The second-order valence-corrected chi connectivity index (χ2v) is 6.30. The van der Waals surface area contributed by atoms with Crippen molar-refractivity contribution in [1.82, 2.24) is 9.97 Å². The van der Waals surface area contributed by atoms with E-state index in [0.29, 0.717) is 5.95 Å². The second kappa shape index (κ2) is 5.33. The van der Waals surface area contributed by atoms with E-state index in [9.17, 15) is 0 Å². The first kappa shape index (κ1) is 13.8. The third-order valence-electron chi connectivity index (χ3n) is 3.56. The van der Waals surface area contributed by atoms with Crippen LogP contribution in [0.4, 0.5) is 17.5 Å². The smallest absolute Gasteiger partial charge is 0.223 e. The first-order chi connectivity index (χ1) is 10.1. The standard InChI is InChI=1S/C16H18N4S/c1-4-11-5-7-12(8-6-11)20(3)14-13-9-10(2)21-15(13)19-16(17)18-14/h5-9H,4H2,1-3H3,(H2,17,18,19). The summed E-state index contributed by atoms with van der Waals surface area (Å²) in [6.07, 6.45) is 1.04. The summed E-state index contributed by atoms with van der Waals surface area (Å²) in [6.45, 7) is 4.23. The molecule has 4 nitrogen and oxygen atoms in total. The molecule has 0 amide bonds. The van der Waals surface area contributed by atoms with Gasteiger partial charge in [0.15, 0.2) is 0 Å².